The van der Waals surface area contributed by atoms with Crippen LogP contribution in [0, 0.1) is 11.7 Å². The molecule has 1 aromatic rings. The number of hydrogen-bond donors (Lipinski definition) is 0. The summed E-state index contributed by atoms with van der Waals surface area (Å²) in [6, 6.07) is 2.60. The van der Waals surface area contributed by atoms with E-state index in [-0.39, 0.29) is 31.4 Å². The lowest BCUT2D eigenvalue weighted by Crippen LogP contribution is -2.41. The van der Waals surface area contributed by atoms with Gasteiger partial charge in [0, 0.05) is 6.42 Å². The van der Waals surface area contributed by atoms with Gasteiger partial charge in [0.2, 0.25) is 5.91 Å². The van der Waals surface area contributed by atoms with E-state index < -0.39 is 29.9 Å². The summed E-state index contributed by atoms with van der Waals surface area (Å²) in [7, 11) is 0. The Bertz CT molecular complexity index is 660. The quantitative estimate of drug-likeness (QED) is 0.750. The van der Waals surface area contributed by atoms with Crippen LogP contribution in [0.4, 0.5) is 22.4 Å². The second-order valence-corrected chi connectivity index (χ2v) is 5.96. The molecule has 0 aromatic heterocycles. The molecule has 1 atom stereocenters. The molecule has 9 heteroatoms. The van der Waals surface area contributed by atoms with Gasteiger partial charge in [-0.05, 0) is 30.0 Å². The first kappa shape index (κ1) is 19.0. The lowest BCUT2D eigenvalue weighted by atomic mass is 10.0. The number of rotatable bonds is 5. The van der Waals surface area contributed by atoms with Gasteiger partial charge in [-0.15, -0.1) is 13.2 Å². The molecule has 0 N–H and O–H groups in total. The van der Waals surface area contributed by atoms with Crippen LogP contribution in [0.5, 0.6) is 5.75 Å². The molecule has 1 heterocycles. The van der Waals surface area contributed by atoms with Crippen LogP contribution in [0.25, 0.3) is 0 Å². The number of cyclic esters (lactones) is 1. The Morgan fingerprint density at radius 1 is 1.40 bits per heavy atom. The number of ether oxygens (including phenoxy) is 2. The number of halogens is 4. The van der Waals surface area contributed by atoms with Gasteiger partial charge in [-0.1, -0.05) is 19.9 Å². The average Bonchev–Trinajstić information content (AvgIpc) is 2.88. The van der Waals surface area contributed by atoms with Crippen LogP contribution >= 0.6 is 0 Å². The summed E-state index contributed by atoms with van der Waals surface area (Å²) in [5.41, 5.74) is 0.314. The SMILES string of the molecule is CC(C)C1COC(=O)N1C(=O)CCc1ccc(OC(F)(F)F)c(F)c1. The van der Waals surface area contributed by atoms with E-state index in [9.17, 15) is 27.2 Å². The molecule has 138 valence electrons. The summed E-state index contributed by atoms with van der Waals surface area (Å²) in [4.78, 5) is 25.0. The second kappa shape index (κ2) is 7.28. The highest BCUT2D eigenvalue weighted by Gasteiger charge is 2.39. The minimum absolute atomic E-state index is 0.0200. The van der Waals surface area contributed by atoms with Crippen molar-refractivity contribution < 1.29 is 36.6 Å². The summed E-state index contributed by atoms with van der Waals surface area (Å²) in [6.45, 7) is 3.82. The lowest BCUT2D eigenvalue weighted by molar-refractivity contribution is -0.275. The minimum Gasteiger partial charge on any atom is -0.447 e. The first-order valence-electron chi connectivity index (χ1n) is 7.61. The summed E-state index contributed by atoms with van der Waals surface area (Å²) in [6.07, 6.45) is -5.74. The topological polar surface area (TPSA) is 55.8 Å². The molecule has 1 aliphatic heterocycles. The van der Waals surface area contributed by atoms with Crippen molar-refractivity contribution in [1.29, 1.82) is 0 Å². The largest absolute Gasteiger partial charge is 0.573 e. The molecule has 0 aliphatic carbocycles. The van der Waals surface area contributed by atoms with Crippen LogP contribution in [0.15, 0.2) is 18.2 Å². The molecule has 25 heavy (non-hydrogen) atoms. The molecule has 2 amide bonds. The van der Waals surface area contributed by atoms with Crippen molar-refractivity contribution in [3.05, 3.63) is 29.6 Å². The smallest absolute Gasteiger partial charge is 0.447 e. The van der Waals surface area contributed by atoms with Crippen molar-refractivity contribution in [2.75, 3.05) is 6.61 Å². The van der Waals surface area contributed by atoms with Gasteiger partial charge in [0.25, 0.3) is 0 Å². The zero-order valence-electron chi connectivity index (χ0n) is 13.6. The molecule has 1 fully saturated rings. The fourth-order valence-electron chi connectivity index (χ4n) is 2.49. The van der Waals surface area contributed by atoms with Crippen molar-refractivity contribution in [3.8, 4) is 5.75 Å². The van der Waals surface area contributed by atoms with E-state index in [1.807, 2.05) is 13.8 Å². The Hall–Kier alpha value is -2.32. The molecule has 1 unspecified atom stereocenters. The number of carbonyl (C=O) groups is 2. The number of benzene rings is 1. The van der Waals surface area contributed by atoms with Crippen LogP contribution in [0.1, 0.15) is 25.8 Å². The molecule has 0 spiro atoms. The highest BCUT2D eigenvalue weighted by Crippen LogP contribution is 2.27. The van der Waals surface area contributed by atoms with Gasteiger partial charge in [-0.3, -0.25) is 4.79 Å². The van der Waals surface area contributed by atoms with E-state index in [0.717, 1.165) is 17.0 Å². The molecule has 0 radical (unpaired) electrons. The fourth-order valence-corrected chi connectivity index (χ4v) is 2.49. The zero-order chi connectivity index (χ0) is 18.8. The highest BCUT2D eigenvalue weighted by atomic mass is 19.4. The fraction of sp³-hybridized carbons (Fsp3) is 0.500. The maximum Gasteiger partial charge on any atom is 0.573 e. The van der Waals surface area contributed by atoms with E-state index in [1.165, 1.54) is 6.07 Å². The third-order valence-corrected chi connectivity index (χ3v) is 3.79. The number of amides is 2. The van der Waals surface area contributed by atoms with Crippen molar-refractivity contribution in [2.24, 2.45) is 5.92 Å². The molecule has 0 bridgehead atoms. The summed E-state index contributed by atoms with van der Waals surface area (Å²) in [5, 5.41) is 0. The van der Waals surface area contributed by atoms with Crippen LogP contribution < -0.4 is 4.74 Å². The Kier molecular flexibility index (Phi) is 5.54. The first-order chi connectivity index (χ1) is 11.6. The van der Waals surface area contributed by atoms with E-state index in [4.69, 9.17) is 4.74 Å². The van der Waals surface area contributed by atoms with Crippen LogP contribution in [-0.2, 0) is 16.0 Å². The monoisotopic (exact) mass is 363 g/mol. The number of aryl methyl sites for hydroxylation is 1. The maximum absolute atomic E-state index is 13.6. The predicted molar refractivity (Wildman–Crippen MR) is 78.2 cm³/mol. The number of imide groups is 1. The Labute approximate surface area is 141 Å². The van der Waals surface area contributed by atoms with Gasteiger partial charge >= 0.3 is 12.5 Å². The number of alkyl halides is 3. The standard InChI is InChI=1S/C16H17F4NO4/c1-9(2)12-8-24-15(23)21(12)14(22)6-4-10-3-5-13(11(17)7-10)25-16(18,19)20/h3,5,7,9,12H,4,6,8H2,1-2H3. The van der Waals surface area contributed by atoms with E-state index >= 15 is 0 Å². The summed E-state index contributed by atoms with van der Waals surface area (Å²) < 4.78 is 58.4. The van der Waals surface area contributed by atoms with Crippen LogP contribution in [-0.4, -0.2) is 35.9 Å². The predicted octanol–water partition coefficient (Wildman–Crippen LogP) is 3.66. The van der Waals surface area contributed by atoms with Crippen molar-refractivity contribution in [1.82, 2.24) is 4.90 Å². The molecule has 1 saturated heterocycles. The van der Waals surface area contributed by atoms with Gasteiger partial charge in [0.15, 0.2) is 11.6 Å². The molecule has 2 rings (SSSR count). The van der Waals surface area contributed by atoms with Crippen LogP contribution in [0.2, 0.25) is 0 Å². The van der Waals surface area contributed by atoms with E-state index in [1.54, 1.807) is 0 Å². The number of carbonyl (C=O) groups excluding carboxylic acids is 2. The molecule has 0 saturated carbocycles. The number of nitrogens with zero attached hydrogens (tertiary/aromatic N) is 1. The van der Waals surface area contributed by atoms with Gasteiger partial charge in [0.1, 0.15) is 6.61 Å². The Balaban J connectivity index is 2.00. The first-order valence-corrected chi connectivity index (χ1v) is 7.61. The molecule has 5 nitrogen and oxygen atoms in total. The molecular formula is C16H17F4NO4. The van der Waals surface area contributed by atoms with Gasteiger partial charge in [-0.2, -0.15) is 0 Å². The Morgan fingerprint density at radius 2 is 2.08 bits per heavy atom. The summed E-state index contributed by atoms with van der Waals surface area (Å²) >= 11 is 0. The van der Waals surface area contributed by atoms with Crippen molar-refractivity contribution in [2.45, 2.75) is 39.1 Å². The molecule has 1 aliphatic rings. The zero-order valence-corrected chi connectivity index (χ0v) is 13.6. The maximum atomic E-state index is 13.6. The van der Waals surface area contributed by atoms with Gasteiger partial charge in [-0.25, -0.2) is 14.1 Å². The highest BCUT2D eigenvalue weighted by molar-refractivity contribution is 5.93. The normalized spacial score (nSPS) is 17.8. The summed E-state index contributed by atoms with van der Waals surface area (Å²) in [5.74, 6) is -2.57. The molecular weight excluding hydrogens is 346 g/mol. The van der Waals surface area contributed by atoms with Crippen molar-refractivity contribution in [3.63, 3.8) is 0 Å². The van der Waals surface area contributed by atoms with Gasteiger partial charge < -0.3 is 9.47 Å². The second-order valence-electron chi connectivity index (χ2n) is 5.96. The third-order valence-electron chi connectivity index (χ3n) is 3.79. The average molecular weight is 363 g/mol. The van der Waals surface area contributed by atoms with Crippen LogP contribution in [0.3, 0.4) is 0 Å². The minimum atomic E-state index is -4.99. The van der Waals surface area contributed by atoms with Crippen molar-refractivity contribution >= 4 is 12.0 Å². The van der Waals surface area contributed by atoms with E-state index in [2.05, 4.69) is 4.74 Å². The molecule has 1 aromatic carbocycles. The Morgan fingerprint density at radius 3 is 2.64 bits per heavy atom. The van der Waals surface area contributed by atoms with E-state index in [0.29, 0.717) is 5.56 Å². The number of hydrogen-bond acceptors (Lipinski definition) is 4. The van der Waals surface area contributed by atoms with Gasteiger partial charge in [0.05, 0.1) is 6.04 Å². The third kappa shape index (κ3) is 4.83. The lowest BCUT2D eigenvalue weighted by Gasteiger charge is -2.22.